The summed E-state index contributed by atoms with van der Waals surface area (Å²) in [5.41, 5.74) is 0.361. The second-order valence-corrected chi connectivity index (χ2v) is 8.91. The van der Waals surface area contributed by atoms with Crippen LogP contribution < -0.4 is 0 Å². The van der Waals surface area contributed by atoms with Gasteiger partial charge < -0.3 is 0 Å². The zero-order chi connectivity index (χ0) is 18.9. The summed E-state index contributed by atoms with van der Waals surface area (Å²) in [6.45, 7) is 1.62. The number of nitro benzene ring substituents is 1. The summed E-state index contributed by atoms with van der Waals surface area (Å²) >= 11 is 15.3. The van der Waals surface area contributed by atoms with Gasteiger partial charge in [-0.05, 0) is 24.6 Å². The lowest BCUT2D eigenvalue weighted by Gasteiger charge is -2.25. The normalized spacial score (nSPS) is 13.0. The molecule has 2 aromatic carbocycles. The second-order valence-electron chi connectivity index (χ2n) is 5.25. The molecule has 0 aliphatic rings. The highest BCUT2D eigenvalue weighted by Gasteiger charge is 2.31. The molecule has 10 heteroatoms. The first kappa shape index (κ1) is 20.1. The third-order valence-corrected chi connectivity index (χ3v) is 7.02. The van der Waals surface area contributed by atoms with E-state index in [9.17, 15) is 18.5 Å². The molecule has 0 N–H and O–H groups in total. The summed E-state index contributed by atoms with van der Waals surface area (Å²) in [4.78, 5) is 10.2. The molecule has 134 valence electrons. The molecule has 1 atom stereocenters. The molecule has 6 nitrogen and oxygen atoms in total. The van der Waals surface area contributed by atoms with Gasteiger partial charge in [-0.2, -0.15) is 4.31 Å². The smallest absolute Gasteiger partial charge is 0.258 e. The average Bonchev–Trinajstić information content (AvgIpc) is 2.52. The molecule has 0 spiro atoms. The number of halogens is 3. The van der Waals surface area contributed by atoms with Crippen molar-refractivity contribution < 1.29 is 13.3 Å². The van der Waals surface area contributed by atoms with E-state index in [1.807, 2.05) is 0 Å². The third kappa shape index (κ3) is 4.15. The first-order chi connectivity index (χ1) is 11.6. The van der Waals surface area contributed by atoms with Gasteiger partial charge in [0.05, 0.1) is 15.0 Å². The van der Waals surface area contributed by atoms with Gasteiger partial charge in [0.15, 0.2) is 0 Å². The molecule has 0 aliphatic heterocycles. The number of sulfonamides is 1. The number of nitro groups is 1. The van der Waals surface area contributed by atoms with Gasteiger partial charge in [-0.1, -0.05) is 51.3 Å². The van der Waals surface area contributed by atoms with Crippen molar-refractivity contribution in [1.82, 2.24) is 4.31 Å². The van der Waals surface area contributed by atoms with Crippen molar-refractivity contribution in [3.8, 4) is 0 Å². The molecule has 0 saturated carbocycles. The lowest BCUT2D eigenvalue weighted by Crippen LogP contribution is -2.30. The van der Waals surface area contributed by atoms with Crippen molar-refractivity contribution in [2.75, 3.05) is 7.05 Å². The van der Waals surface area contributed by atoms with E-state index < -0.39 is 21.0 Å². The summed E-state index contributed by atoms with van der Waals surface area (Å²) in [5.74, 6) is 0. The summed E-state index contributed by atoms with van der Waals surface area (Å²) in [6.07, 6.45) is 0. The van der Waals surface area contributed by atoms with Gasteiger partial charge in [0.25, 0.3) is 5.69 Å². The number of hydrogen-bond acceptors (Lipinski definition) is 4. The molecule has 1 unspecified atom stereocenters. The minimum absolute atomic E-state index is 0.0162. The van der Waals surface area contributed by atoms with Crippen LogP contribution in [0.15, 0.2) is 45.8 Å². The van der Waals surface area contributed by atoms with Gasteiger partial charge in [-0.25, -0.2) is 8.42 Å². The molecule has 0 heterocycles. The minimum Gasteiger partial charge on any atom is -0.258 e. The fourth-order valence-electron chi connectivity index (χ4n) is 2.24. The van der Waals surface area contributed by atoms with E-state index >= 15 is 0 Å². The van der Waals surface area contributed by atoms with Crippen molar-refractivity contribution in [2.45, 2.75) is 17.9 Å². The highest BCUT2D eigenvalue weighted by molar-refractivity contribution is 9.10. The van der Waals surface area contributed by atoms with Crippen LogP contribution in [0.25, 0.3) is 0 Å². The third-order valence-electron chi connectivity index (χ3n) is 3.71. The Balaban J connectivity index is 2.47. The van der Waals surface area contributed by atoms with Gasteiger partial charge >= 0.3 is 0 Å². The fraction of sp³-hybridized carbons (Fsp3) is 0.200. The van der Waals surface area contributed by atoms with E-state index in [1.165, 1.54) is 37.4 Å². The maximum absolute atomic E-state index is 12.9. The SMILES string of the molecule is CC(c1cccc([N+](=O)[O-])c1)N(C)S(=O)(=O)c1c(Cl)cc(Br)cc1Cl. The summed E-state index contributed by atoms with van der Waals surface area (Å²) < 4.78 is 27.5. The zero-order valence-electron chi connectivity index (χ0n) is 13.1. The van der Waals surface area contributed by atoms with Gasteiger partial charge in [-0.15, -0.1) is 0 Å². The van der Waals surface area contributed by atoms with Crippen LogP contribution in [-0.4, -0.2) is 24.7 Å². The Labute approximate surface area is 163 Å². The van der Waals surface area contributed by atoms with Crippen molar-refractivity contribution in [1.29, 1.82) is 0 Å². The molecule has 2 aromatic rings. The van der Waals surface area contributed by atoms with E-state index in [-0.39, 0.29) is 20.6 Å². The van der Waals surface area contributed by atoms with E-state index in [1.54, 1.807) is 13.0 Å². The van der Waals surface area contributed by atoms with E-state index in [0.717, 1.165) is 4.31 Å². The minimum atomic E-state index is -4.02. The monoisotopic (exact) mass is 466 g/mol. The Bertz CT molecular complexity index is 914. The van der Waals surface area contributed by atoms with Crippen molar-refractivity contribution in [2.24, 2.45) is 0 Å². The van der Waals surface area contributed by atoms with Crippen LogP contribution in [-0.2, 0) is 10.0 Å². The number of rotatable bonds is 5. The number of nitrogens with zero attached hydrogens (tertiary/aromatic N) is 2. The van der Waals surface area contributed by atoms with Crippen LogP contribution in [0.1, 0.15) is 18.5 Å². The fourth-order valence-corrected chi connectivity index (χ4v) is 5.47. The highest BCUT2D eigenvalue weighted by Crippen LogP contribution is 2.37. The van der Waals surface area contributed by atoms with Gasteiger partial charge in [0.1, 0.15) is 4.90 Å². The Kier molecular flexibility index (Phi) is 6.11. The molecule has 2 rings (SSSR count). The molecule has 0 amide bonds. The Hall–Kier alpha value is -1.19. The number of non-ortho nitro benzene ring substituents is 1. The topological polar surface area (TPSA) is 80.5 Å². The lowest BCUT2D eigenvalue weighted by molar-refractivity contribution is -0.384. The molecule has 0 aromatic heterocycles. The van der Waals surface area contributed by atoms with Crippen molar-refractivity contribution >= 4 is 54.8 Å². The van der Waals surface area contributed by atoms with Gasteiger partial charge in [-0.3, -0.25) is 10.1 Å². The Morgan fingerprint density at radius 3 is 2.28 bits per heavy atom. The standard InChI is InChI=1S/C15H13BrCl2N2O4S/c1-9(10-4-3-5-12(6-10)20(21)22)19(2)25(23,24)15-13(17)7-11(16)8-14(15)18/h3-9H,1-2H3. The summed E-state index contributed by atoms with van der Waals surface area (Å²) in [6, 6.07) is 8.01. The van der Waals surface area contributed by atoms with Crippen LogP contribution in [0.4, 0.5) is 5.69 Å². The van der Waals surface area contributed by atoms with E-state index in [0.29, 0.717) is 10.0 Å². The summed E-state index contributed by atoms with van der Waals surface area (Å²) in [5, 5.41) is 10.9. The highest BCUT2D eigenvalue weighted by atomic mass is 79.9. The van der Waals surface area contributed by atoms with E-state index in [4.69, 9.17) is 23.2 Å². The first-order valence-corrected chi connectivity index (χ1v) is 9.91. The van der Waals surface area contributed by atoms with Gasteiger partial charge in [0, 0.05) is 29.7 Å². The molecular weight excluding hydrogens is 455 g/mol. The van der Waals surface area contributed by atoms with E-state index in [2.05, 4.69) is 15.9 Å². The predicted octanol–water partition coefficient (Wildman–Crippen LogP) is 5.05. The average molecular weight is 468 g/mol. The molecule has 0 saturated heterocycles. The maximum Gasteiger partial charge on any atom is 0.269 e. The molecule has 0 radical (unpaired) electrons. The van der Waals surface area contributed by atoms with Crippen LogP contribution in [0.5, 0.6) is 0 Å². The number of hydrogen-bond donors (Lipinski definition) is 0. The second kappa shape index (κ2) is 7.59. The maximum atomic E-state index is 12.9. The largest absolute Gasteiger partial charge is 0.269 e. The first-order valence-electron chi connectivity index (χ1n) is 6.92. The summed E-state index contributed by atoms with van der Waals surface area (Å²) in [7, 11) is -2.65. The van der Waals surface area contributed by atoms with Crippen LogP contribution in [0.3, 0.4) is 0 Å². The van der Waals surface area contributed by atoms with Crippen molar-refractivity contribution in [3.05, 3.63) is 66.6 Å². The quantitative estimate of drug-likeness (QED) is 0.455. The van der Waals surface area contributed by atoms with Crippen molar-refractivity contribution in [3.63, 3.8) is 0 Å². The molecule has 0 bridgehead atoms. The Morgan fingerprint density at radius 1 is 1.20 bits per heavy atom. The van der Waals surface area contributed by atoms with Crippen LogP contribution in [0, 0.1) is 10.1 Å². The van der Waals surface area contributed by atoms with Gasteiger partial charge in [0.2, 0.25) is 10.0 Å². The van der Waals surface area contributed by atoms with Crippen LogP contribution >= 0.6 is 39.1 Å². The Morgan fingerprint density at radius 2 is 1.76 bits per heavy atom. The number of benzene rings is 2. The molecule has 0 fully saturated rings. The predicted molar refractivity (Wildman–Crippen MR) is 101 cm³/mol. The molecule has 25 heavy (non-hydrogen) atoms. The van der Waals surface area contributed by atoms with Crippen LogP contribution in [0.2, 0.25) is 10.0 Å². The zero-order valence-corrected chi connectivity index (χ0v) is 17.0. The lowest BCUT2D eigenvalue weighted by atomic mass is 10.1. The molecular formula is C15H13BrCl2N2O4S. The molecule has 0 aliphatic carbocycles.